The fourth-order valence-corrected chi connectivity index (χ4v) is 4.33. The molecule has 0 aromatic heterocycles. The molecule has 0 aliphatic heterocycles. The number of ether oxygens (including phenoxy) is 3. The number of esters is 2. The number of benzene rings is 3. The van der Waals surface area contributed by atoms with Gasteiger partial charge in [-0.15, -0.1) is 0 Å². The molecule has 0 bridgehead atoms. The van der Waals surface area contributed by atoms with Crippen molar-refractivity contribution in [1.82, 2.24) is 0 Å². The molecule has 0 fully saturated rings. The predicted molar refractivity (Wildman–Crippen MR) is 156 cm³/mol. The lowest BCUT2D eigenvalue weighted by Gasteiger charge is -2.14. The Balaban J connectivity index is 1.69. The van der Waals surface area contributed by atoms with Gasteiger partial charge in [-0.05, 0) is 80.5 Å². The summed E-state index contributed by atoms with van der Waals surface area (Å²) in [4.78, 5) is 23.8. The van der Waals surface area contributed by atoms with Gasteiger partial charge in [0.1, 0.15) is 12.4 Å². The minimum absolute atomic E-state index is 0.147. The second kappa shape index (κ2) is 16.4. The fraction of sp³-hybridized carbons (Fsp3) is 0.333. The molecule has 6 heteroatoms. The van der Waals surface area contributed by atoms with Crippen LogP contribution in [0.1, 0.15) is 66.6 Å². The third-order valence-corrected chi connectivity index (χ3v) is 6.50. The van der Waals surface area contributed by atoms with Gasteiger partial charge >= 0.3 is 11.9 Å². The van der Waals surface area contributed by atoms with Gasteiger partial charge in [-0.25, -0.2) is 4.79 Å². The molecule has 3 aromatic rings. The van der Waals surface area contributed by atoms with Crippen molar-refractivity contribution >= 4 is 29.6 Å². The van der Waals surface area contributed by atoms with Gasteiger partial charge in [0.2, 0.25) is 0 Å². The molecule has 1 atom stereocenters. The average Bonchev–Trinajstić information content (AvgIpc) is 2.94. The van der Waals surface area contributed by atoms with Gasteiger partial charge in [0.25, 0.3) is 0 Å². The van der Waals surface area contributed by atoms with Crippen molar-refractivity contribution in [2.75, 3.05) is 13.2 Å². The van der Waals surface area contributed by atoms with Crippen molar-refractivity contribution in [3.05, 3.63) is 106 Å². The van der Waals surface area contributed by atoms with E-state index in [4.69, 9.17) is 25.8 Å². The Hall–Kier alpha value is -3.57. The zero-order chi connectivity index (χ0) is 27.9. The van der Waals surface area contributed by atoms with E-state index in [0.717, 1.165) is 48.1 Å². The summed E-state index contributed by atoms with van der Waals surface area (Å²) in [7, 11) is 0. The Morgan fingerprint density at radius 1 is 0.846 bits per heavy atom. The van der Waals surface area contributed by atoms with Crippen LogP contribution in [0, 0.1) is 5.92 Å². The van der Waals surface area contributed by atoms with Gasteiger partial charge < -0.3 is 14.2 Å². The Bertz CT molecular complexity index is 1200. The zero-order valence-corrected chi connectivity index (χ0v) is 23.5. The normalized spacial score (nSPS) is 11.8. The molecule has 0 aliphatic rings. The number of carbonyl (C=O) groups is 2. The molecule has 0 saturated carbocycles. The number of halogens is 1. The summed E-state index contributed by atoms with van der Waals surface area (Å²) in [5.41, 5.74) is 3.73. The van der Waals surface area contributed by atoms with Crippen LogP contribution in [0.25, 0.3) is 6.08 Å². The second-order valence-corrected chi connectivity index (χ2v) is 9.68. The summed E-state index contributed by atoms with van der Waals surface area (Å²) in [5, 5.41) is 0.700. The van der Waals surface area contributed by atoms with Gasteiger partial charge in [-0.2, -0.15) is 0 Å². The third kappa shape index (κ3) is 10.6. The molecule has 0 aliphatic carbocycles. The molecule has 5 nitrogen and oxygen atoms in total. The van der Waals surface area contributed by atoms with Crippen molar-refractivity contribution < 1.29 is 23.8 Å². The van der Waals surface area contributed by atoms with Crippen molar-refractivity contribution in [1.29, 1.82) is 0 Å². The number of rotatable bonds is 15. The summed E-state index contributed by atoms with van der Waals surface area (Å²) in [5.74, 6) is 0.592. The van der Waals surface area contributed by atoms with Gasteiger partial charge in [0.15, 0.2) is 0 Å². The maximum absolute atomic E-state index is 12.0. The number of para-hydroxylation sites is 1. The molecule has 0 N–H and O–H groups in total. The van der Waals surface area contributed by atoms with Crippen LogP contribution in [0.5, 0.6) is 5.75 Å². The monoisotopic (exact) mass is 548 g/mol. The lowest BCUT2D eigenvalue weighted by atomic mass is 9.92. The summed E-state index contributed by atoms with van der Waals surface area (Å²) in [6.07, 6.45) is 8.18. The van der Waals surface area contributed by atoms with Crippen LogP contribution < -0.4 is 4.74 Å². The minimum Gasteiger partial charge on any atom is -0.488 e. The van der Waals surface area contributed by atoms with Gasteiger partial charge in [-0.3, -0.25) is 4.79 Å². The first-order chi connectivity index (χ1) is 19.0. The van der Waals surface area contributed by atoms with Crippen LogP contribution in [0.3, 0.4) is 0 Å². The van der Waals surface area contributed by atoms with Crippen LogP contribution in [-0.2, 0) is 27.3 Å². The SMILES string of the molecule is CCOC(=O)CCCCC(/C=C/c1ccccc1OCc1ccc(Cl)cc1)Cc1ccc(C(=O)OCC)cc1. The Kier molecular flexibility index (Phi) is 12.6. The van der Waals surface area contributed by atoms with Gasteiger partial charge in [0.05, 0.1) is 18.8 Å². The molecule has 0 radical (unpaired) electrons. The zero-order valence-electron chi connectivity index (χ0n) is 22.7. The van der Waals surface area contributed by atoms with E-state index in [1.165, 1.54) is 0 Å². The van der Waals surface area contributed by atoms with Crippen LogP contribution in [0.2, 0.25) is 5.02 Å². The van der Waals surface area contributed by atoms with Crippen LogP contribution >= 0.6 is 11.6 Å². The van der Waals surface area contributed by atoms with Crippen LogP contribution in [-0.4, -0.2) is 25.2 Å². The summed E-state index contributed by atoms with van der Waals surface area (Å²) < 4.78 is 16.3. The van der Waals surface area contributed by atoms with Crippen molar-refractivity contribution in [2.45, 2.75) is 52.6 Å². The second-order valence-electron chi connectivity index (χ2n) is 9.24. The third-order valence-electron chi connectivity index (χ3n) is 6.25. The highest BCUT2D eigenvalue weighted by Gasteiger charge is 2.11. The molecular formula is C33H37ClO5. The van der Waals surface area contributed by atoms with Crippen LogP contribution in [0.4, 0.5) is 0 Å². The Labute approximate surface area is 236 Å². The van der Waals surface area contributed by atoms with Crippen molar-refractivity contribution in [2.24, 2.45) is 5.92 Å². The highest BCUT2D eigenvalue weighted by atomic mass is 35.5. The molecule has 3 rings (SSSR count). The van der Waals surface area contributed by atoms with Crippen molar-refractivity contribution in [3.63, 3.8) is 0 Å². The smallest absolute Gasteiger partial charge is 0.338 e. The minimum atomic E-state index is -0.310. The highest BCUT2D eigenvalue weighted by molar-refractivity contribution is 6.30. The number of hydrogen-bond donors (Lipinski definition) is 0. The van der Waals surface area contributed by atoms with E-state index in [9.17, 15) is 9.59 Å². The molecule has 0 amide bonds. The first-order valence-corrected chi connectivity index (χ1v) is 13.9. The molecule has 206 valence electrons. The van der Waals surface area contributed by atoms with E-state index < -0.39 is 0 Å². The topological polar surface area (TPSA) is 61.8 Å². The lowest BCUT2D eigenvalue weighted by molar-refractivity contribution is -0.143. The van der Waals surface area contributed by atoms with Gasteiger partial charge in [-0.1, -0.05) is 72.6 Å². The van der Waals surface area contributed by atoms with E-state index in [2.05, 4.69) is 12.2 Å². The first-order valence-electron chi connectivity index (χ1n) is 13.5. The molecule has 3 aromatic carbocycles. The molecular weight excluding hydrogens is 512 g/mol. The lowest BCUT2D eigenvalue weighted by Crippen LogP contribution is -2.06. The van der Waals surface area contributed by atoms with Gasteiger partial charge in [0, 0.05) is 17.0 Å². The molecule has 0 spiro atoms. The van der Waals surface area contributed by atoms with Crippen molar-refractivity contribution in [3.8, 4) is 5.75 Å². The highest BCUT2D eigenvalue weighted by Crippen LogP contribution is 2.25. The molecule has 1 unspecified atom stereocenters. The predicted octanol–water partition coefficient (Wildman–Crippen LogP) is 8.09. The van der Waals surface area contributed by atoms with E-state index >= 15 is 0 Å². The van der Waals surface area contributed by atoms with E-state index in [0.29, 0.717) is 36.8 Å². The standard InChI is InChI=1S/C33H37ClO5/c1-3-37-32(35)12-8-5-9-25(23-26-14-19-29(20-15-26)33(36)38-4-2)13-18-28-10-6-7-11-31(28)39-24-27-16-21-30(34)22-17-27/h6-7,10-11,13-22,25H,3-5,8-9,12,23-24H2,1-2H3/b18-13+. The summed E-state index contributed by atoms with van der Waals surface area (Å²) in [6, 6.07) is 23.2. The maximum atomic E-state index is 12.0. The largest absolute Gasteiger partial charge is 0.488 e. The first kappa shape index (κ1) is 30.0. The van der Waals surface area contributed by atoms with E-state index in [1.807, 2.05) is 79.7 Å². The maximum Gasteiger partial charge on any atom is 0.338 e. The fourth-order valence-electron chi connectivity index (χ4n) is 4.20. The average molecular weight is 549 g/mol. The Morgan fingerprint density at radius 2 is 1.54 bits per heavy atom. The summed E-state index contributed by atoms with van der Waals surface area (Å²) in [6.45, 7) is 4.83. The molecule has 39 heavy (non-hydrogen) atoms. The van der Waals surface area contributed by atoms with E-state index in [-0.39, 0.29) is 17.9 Å². The van der Waals surface area contributed by atoms with Crippen LogP contribution in [0.15, 0.2) is 78.9 Å². The number of carbonyl (C=O) groups excluding carboxylic acids is 2. The number of allylic oxidation sites excluding steroid dienone is 1. The molecule has 0 saturated heterocycles. The Morgan fingerprint density at radius 3 is 2.26 bits per heavy atom. The number of hydrogen-bond acceptors (Lipinski definition) is 5. The quantitative estimate of drug-likeness (QED) is 0.142. The van der Waals surface area contributed by atoms with E-state index in [1.54, 1.807) is 6.92 Å². The summed E-state index contributed by atoms with van der Waals surface area (Å²) >= 11 is 6.00. The molecule has 0 heterocycles. The number of unbranched alkanes of at least 4 members (excludes halogenated alkanes) is 1.